The van der Waals surface area contributed by atoms with E-state index >= 15 is 0 Å². The second-order valence-electron chi connectivity index (χ2n) is 6.51. The van der Waals surface area contributed by atoms with E-state index in [2.05, 4.69) is 15.2 Å². The Morgan fingerprint density at radius 2 is 2.23 bits per heavy atom. The zero-order valence-electron chi connectivity index (χ0n) is 15.7. The van der Waals surface area contributed by atoms with Gasteiger partial charge >= 0.3 is 0 Å². The van der Waals surface area contributed by atoms with Crippen LogP contribution in [0.15, 0.2) is 29.3 Å². The first-order chi connectivity index (χ1) is 12.6. The predicted molar refractivity (Wildman–Crippen MR) is 102 cm³/mol. The molecule has 1 amide bonds. The van der Waals surface area contributed by atoms with Gasteiger partial charge in [0.1, 0.15) is 5.75 Å². The van der Waals surface area contributed by atoms with E-state index in [1.807, 2.05) is 32.2 Å². The number of nitrogens with zero attached hydrogens (tertiary/aromatic N) is 2. The van der Waals surface area contributed by atoms with Gasteiger partial charge in [0.05, 0.1) is 13.2 Å². The molecule has 1 aliphatic rings. The number of hydrogen-bond acceptors (Lipinski definition) is 4. The molecule has 1 saturated carbocycles. The molecule has 3 N–H and O–H groups in total. The van der Waals surface area contributed by atoms with Gasteiger partial charge in [0.2, 0.25) is 0 Å². The maximum Gasteiger partial charge on any atom is 0.255 e. The van der Waals surface area contributed by atoms with Crippen LogP contribution in [0, 0.1) is 5.92 Å². The van der Waals surface area contributed by atoms with E-state index < -0.39 is 5.91 Å². The predicted octanol–water partition coefficient (Wildman–Crippen LogP) is 1.37. The van der Waals surface area contributed by atoms with E-state index in [-0.39, 0.29) is 6.61 Å². The lowest BCUT2D eigenvalue weighted by Crippen LogP contribution is -2.40. The molecule has 144 valence electrons. The maximum atomic E-state index is 10.8. The number of nitrogens with two attached hydrogens (primary N) is 1. The summed E-state index contributed by atoms with van der Waals surface area (Å²) in [5.74, 6) is 1.74. The van der Waals surface area contributed by atoms with Crippen molar-refractivity contribution in [3.63, 3.8) is 0 Å². The summed E-state index contributed by atoms with van der Waals surface area (Å²) in [6, 6.07) is 7.52. The van der Waals surface area contributed by atoms with Gasteiger partial charge in [-0.25, -0.2) is 4.99 Å². The number of primary amides is 1. The molecule has 1 aromatic rings. The third kappa shape index (κ3) is 7.74. The first kappa shape index (κ1) is 20.0. The lowest BCUT2D eigenvalue weighted by molar-refractivity contribution is -0.119. The van der Waals surface area contributed by atoms with Gasteiger partial charge in [0, 0.05) is 26.7 Å². The average Bonchev–Trinajstić information content (AvgIpc) is 3.45. The van der Waals surface area contributed by atoms with Crippen LogP contribution < -0.4 is 15.8 Å². The molecule has 0 bridgehead atoms. The molecule has 0 unspecified atom stereocenters. The van der Waals surface area contributed by atoms with Crippen molar-refractivity contribution in [1.82, 2.24) is 10.2 Å². The molecule has 0 atom stereocenters. The second-order valence-corrected chi connectivity index (χ2v) is 6.51. The van der Waals surface area contributed by atoms with Crippen molar-refractivity contribution >= 4 is 11.9 Å². The molecule has 0 radical (unpaired) electrons. The number of likely N-dealkylation sites (N-methyl/N-ethyl adjacent to an activating group) is 1. The maximum absolute atomic E-state index is 10.8. The molecule has 2 rings (SSSR count). The van der Waals surface area contributed by atoms with Gasteiger partial charge in [-0.3, -0.25) is 4.79 Å². The smallest absolute Gasteiger partial charge is 0.255 e. The van der Waals surface area contributed by atoms with Crippen LogP contribution >= 0.6 is 0 Å². The molecule has 7 nitrogen and oxygen atoms in total. The minimum Gasteiger partial charge on any atom is -0.484 e. The Kier molecular flexibility index (Phi) is 8.21. The monoisotopic (exact) mass is 362 g/mol. The van der Waals surface area contributed by atoms with Crippen molar-refractivity contribution in [2.24, 2.45) is 16.6 Å². The Hall–Kier alpha value is -2.28. The number of hydrogen-bond donors (Lipinski definition) is 2. The Labute approximate surface area is 155 Å². The normalized spacial score (nSPS) is 14.2. The fourth-order valence-electron chi connectivity index (χ4n) is 2.37. The van der Waals surface area contributed by atoms with E-state index in [1.165, 1.54) is 12.8 Å². The van der Waals surface area contributed by atoms with E-state index in [0.717, 1.165) is 37.1 Å². The Morgan fingerprint density at radius 3 is 2.92 bits per heavy atom. The fraction of sp³-hybridized carbons (Fsp3) is 0.579. The highest BCUT2D eigenvalue weighted by atomic mass is 16.5. The van der Waals surface area contributed by atoms with E-state index in [9.17, 15) is 4.79 Å². The van der Waals surface area contributed by atoms with Crippen LogP contribution in [0.1, 0.15) is 25.3 Å². The number of amides is 1. The van der Waals surface area contributed by atoms with Crippen molar-refractivity contribution in [1.29, 1.82) is 0 Å². The summed E-state index contributed by atoms with van der Waals surface area (Å²) < 4.78 is 11.0. The van der Waals surface area contributed by atoms with Gasteiger partial charge in [-0.15, -0.1) is 0 Å². The number of ether oxygens (including phenoxy) is 2. The van der Waals surface area contributed by atoms with Gasteiger partial charge in [-0.05, 0) is 43.4 Å². The lowest BCUT2D eigenvalue weighted by atomic mass is 10.2. The van der Waals surface area contributed by atoms with Crippen molar-refractivity contribution < 1.29 is 14.3 Å². The number of benzene rings is 1. The summed E-state index contributed by atoms with van der Waals surface area (Å²) in [4.78, 5) is 17.6. The average molecular weight is 362 g/mol. The number of carbonyl (C=O) groups excluding carboxylic acids is 1. The zero-order chi connectivity index (χ0) is 18.8. The third-order valence-corrected chi connectivity index (χ3v) is 4.01. The van der Waals surface area contributed by atoms with Gasteiger partial charge in [0.25, 0.3) is 5.91 Å². The van der Waals surface area contributed by atoms with Gasteiger partial charge in [0.15, 0.2) is 12.6 Å². The molecule has 0 heterocycles. The molecular weight excluding hydrogens is 332 g/mol. The van der Waals surface area contributed by atoms with Crippen LogP contribution in [-0.4, -0.2) is 56.7 Å². The summed E-state index contributed by atoms with van der Waals surface area (Å²) in [5, 5.41) is 3.30. The Morgan fingerprint density at radius 1 is 1.42 bits per heavy atom. The molecule has 1 aliphatic carbocycles. The quantitative estimate of drug-likeness (QED) is 0.353. The third-order valence-electron chi connectivity index (χ3n) is 4.01. The van der Waals surface area contributed by atoms with Gasteiger partial charge < -0.3 is 25.4 Å². The summed E-state index contributed by atoms with van der Waals surface area (Å²) in [6.07, 6.45) is 2.62. The number of nitrogens with one attached hydrogen (secondary N) is 1. The molecule has 0 spiro atoms. The van der Waals surface area contributed by atoms with Crippen molar-refractivity contribution in [3.8, 4) is 5.75 Å². The van der Waals surface area contributed by atoms with Crippen LogP contribution in [0.4, 0.5) is 0 Å². The highest BCUT2D eigenvalue weighted by Gasteiger charge is 2.21. The van der Waals surface area contributed by atoms with Crippen LogP contribution in [0.5, 0.6) is 5.75 Å². The van der Waals surface area contributed by atoms with Gasteiger partial charge in [-0.1, -0.05) is 12.1 Å². The molecule has 26 heavy (non-hydrogen) atoms. The van der Waals surface area contributed by atoms with Crippen molar-refractivity contribution in [2.45, 2.75) is 26.3 Å². The molecule has 0 saturated heterocycles. The highest BCUT2D eigenvalue weighted by molar-refractivity contribution is 5.79. The van der Waals surface area contributed by atoms with Crippen LogP contribution in [0.2, 0.25) is 0 Å². The van der Waals surface area contributed by atoms with E-state index in [0.29, 0.717) is 18.9 Å². The van der Waals surface area contributed by atoms with Crippen LogP contribution in [0.3, 0.4) is 0 Å². The fourth-order valence-corrected chi connectivity index (χ4v) is 2.37. The Balaban J connectivity index is 1.85. The molecule has 7 heteroatoms. The largest absolute Gasteiger partial charge is 0.484 e. The summed E-state index contributed by atoms with van der Waals surface area (Å²) >= 11 is 0. The summed E-state index contributed by atoms with van der Waals surface area (Å²) in [5.41, 5.74) is 6.10. The molecule has 0 aromatic heterocycles. The molecule has 1 aromatic carbocycles. The Bertz CT molecular complexity index is 602. The topological polar surface area (TPSA) is 89.2 Å². The van der Waals surface area contributed by atoms with Crippen LogP contribution in [-0.2, 0) is 16.1 Å². The molecule has 1 fully saturated rings. The number of carbonyl (C=O) groups is 1. The second kappa shape index (κ2) is 10.7. The molecular formula is C19H30N4O3. The SMILES string of the molecule is CCNC(=NCc1cccc(OCC(N)=O)c1)N(C)CCOCC1CC1. The number of rotatable bonds is 11. The summed E-state index contributed by atoms with van der Waals surface area (Å²) in [6.45, 7) is 5.61. The highest BCUT2D eigenvalue weighted by Crippen LogP contribution is 2.28. The first-order valence-electron chi connectivity index (χ1n) is 9.15. The first-order valence-corrected chi connectivity index (χ1v) is 9.15. The van der Waals surface area contributed by atoms with Crippen molar-refractivity contribution in [3.05, 3.63) is 29.8 Å². The minimum absolute atomic E-state index is 0.126. The van der Waals surface area contributed by atoms with E-state index in [1.54, 1.807) is 6.07 Å². The van der Waals surface area contributed by atoms with Crippen molar-refractivity contribution in [2.75, 3.05) is 40.0 Å². The minimum atomic E-state index is -0.492. The molecule has 0 aliphatic heterocycles. The number of aliphatic imine (C=N–C) groups is 1. The van der Waals surface area contributed by atoms with Gasteiger partial charge in [-0.2, -0.15) is 0 Å². The van der Waals surface area contributed by atoms with Crippen LogP contribution in [0.25, 0.3) is 0 Å². The standard InChI is InChI=1S/C19H30N4O3/c1-3-21-19(23(2)9-10-25-13-15-7-8-15)22-12-16-5-4-6-17(11-16)26-14-18(20)24/h4-6,11,15H,3,7-10,12-14H2,1-2H3,(H2,20,24)(H,21,22). The summed E-state index contributed by atoms with van der Waals surface area (Å²) in [7, 11) is 2.01. The lowest BCUT2D eigenvalue weighted by Gasteiger charge is -2.22. The zero-order valence-corrected chi connectivity index (χ0v) is 15.7. The number of guanidine groups is 1. The van der Waals surface area contributed by atoms with E-state index in [4.69, 9.17) is 15.2 Å².